The van der Waals surface area contributed by atoms with E-state index in [2.05, 4.69) is 17.1 Å². The molecule has 0 aromatic rings. The van der Waals surface area contributed by atoms with Gasteiger partial charge >= 0.3 is 5.97 Å². The second-order valence-corrected chi connectivity index (χ2v) is 6.30. The molecule has 0 radical (unpaired) electrons. The summed E-state index contributed by atoms with van der Waals surface area (Å²) in [5.41, 5.74) is 0. The van der Waals surface area contributed by atoms with E-state index in [-0.39, 0.29) is 12.0 Å². The largest absolute Gasteiger partial charge is 0.481 e. The van der Waals surface area contributed by atoms with Crippen LogP contribution in [0.15, 0.2) is 0 Å². The third-order valence-corrected chi connectivity index (χ3v) is 4.74. The summed E-state index contributed by atoms with van der Waals surface area (Å²) in [7, 11) is 2.03. The van der Waals surface area contributed by atoms with E-state index in [9.17, 15) is 14.7 Å². The number of morpholine rings is 1. The number of carbonyl (C=O) groups is 2. The Bertz CT molecular complexity index is 388. The van der Waals surface area contributed by atoms with Crippen molar-refractivity contribution in [2.24, 2.45) is 17.8 Å². The highest BCUT2D eigenvalue weighted by Gasteiger charge is 2.42. The van der Waals surface area contributed by atoms with E-state index < -0.39 is 17.8 Å². The van der Waals surface area contributed by atoms with E-state index in [0.717, 1.165) is 19.5 Å². The van der Waals surface area contributed by atoms with Crippen LogP contribution in [0, 0.1) is 17.8 Å². The smallest absolute Gasteiger partial charge is 0.307 e. The number of amides is 1. The van der Waals surface area contributed by atoms with Crippen LogP contribution >= 0.6 is 0 Å². The van der Waals surface area contributed by atoms with Crippen LogP contribution in [0.5, 0.6) is 0 Å². The summed E-state index contributed by atoms with van der Waals surface area (Å²) in [4.78, 5) is 25.8. The van der Waals surface area contributed by atoms with Crippen molar-refractivity contribution in [2.75, 3.05) is 33.3 Å². The number of aliphatic carboxylic acids is 1. The van der Waals surface area contributed by atoms with Crippen molar-refractivity contribution in [3.8, 4) is 0 Å². The lowest BCUT2D eigenvalue weighted by Gasteiger charge is -2.30. The average molecular weight is 298 g/mol. The number of carbonyl (C=O) groups excluding carboxylic acids is 1. The zero-order valence-electron chi connectivity index (χ0n) is 12.9. The first-order valence-corrected chi connectivity index (χ1v) is 7.81. The highest BCUT2D eigenvalue weighted by atomic mass is 16.5. The van der Waals surface area contributed by atoms with Crippen LogP contribution in [-0.4, -0.2) is 61.3 Å². The number of ether oxygens (including phenoxy) is 1. The summed E-state index contributed by atoms with van der Waals surface area (Å²) in [6.07, 6.45) is 2.24. The molecule has 4 unspecified atom stereocenters. The number of carboxylic acids is 1. The highest BCUT2D eigenvalue weighted by molar-refractivity contribution is 5.85. The molecule has 0 aromatic heterocycles. The Morgan fingerprint density at radius 3 is 2.67 bits per heavy atom. The Kier molecular flexibility index (Phi) is 5.58. The SMILES string of the molecule is CCC1CC(C(=O)O)C(C(=O)NCC2CN(C)CCO2)C1. The van der Waals surface area contributed by atoms with E-state index >= 15 is 0 Å². The van der Waals surface area contributed by atoms with E-state index in [1.165, 1.54) is 0 Å². The van der Waals surface area contributed by atoms with Gasteiger partial charge in [0.1, 0.15) is 0 Å². The molecular weight excluding hydrogens is 272 g/mol. The van der Waals surface area contributed by atoms with Gasteiger partial charge in [0.05, 0.1) is 24.5 Å². The molecule has 6 heteroatoms. The molecular formula is C15H26N2O4. The third kappa shape index (κ3) is 4.17. The first-order chi connectivity index (χ1) is 10.0. The van der Waals surface area contributed by atoms with Gasteiger partial charge in [-0.2, -0.15) is 0 Å². The van der Waals surface area contributed by atoms with Crippen molar-refractivity contribution in [1.29, 1.82) is 0 Å². The molecule has 4 atom stereocenters. The lowest BCUT2D eigenvalue weighted by atomic mass is 9.95. The van der Waals surface area contributed by atoms with Gasteiger partial charge in [0, 0.05) is 19.6 Å². The second kappa shape index (κ2) is 7.22. The molecule has 2 N–H and O–H groups in total. The fraction of sp³-hybridized carbons (Fsp3) is 0.867. The van der Waals surface area contributed by atoms with E-state index in [1.54, 1.807) is 0 Å². The number of carboxylic acid groups (broad SMARTS) is 1. The minimum Gasteiger partial charge on any atom is -0.481 e. The predicted octanol–water partition coefficient (Wildman–Crippen LogP) is 0.570. The number of nitrogens with zero attached hydrogens (tertiary/aromatic N) is 1. The van der Waals surface area contributed by atoms with Gasteiger partial charge in [-0.25, -0.2) is 0 Å². The molecule has 0 aromatic carbocycles. The summed E-state index contributed by atoms with van der Waals surface area (Å²) in [6, 6.07) is 0. The van der Waals surface area contributed by atoms with E-state index in [4.69, 9.17) is 4.74 Å². The summed E-state index contributed by atoms with van der Waals surface area (Å²) < 4.78 is 5.61. The zero-order valence-corrected chi connectivity index (χ0v) is 12.9. The topological polar surface area (TPSA) is 78.9 Å². The minimum absolute atomic E-state index is 0.000599. The van der Waals surface area contributed by atoms with Crippen LogP contribution in [0.2, 0.25) is 0 Å². The predicted molar refractivity (Wildman–Crippen MR) is 77.9 cm³/mol. The number of hydrogen-bond acceptors (Lipinski definition) is 4. The molecule has 21 heavy (non-hydrogen) atoms. The normalized spacial score (nSPS) is 33.8. The van der Waals surface area contributed by atoms with Gasteiger partial charge in [-0.15, -0.1) is 0 Å². The Balaban J connectivity index is 1.85. The molecule has 2 aliphatic rings. The fourth-order valence-corrected chi connectivity index (χ4v) is 3.37. The maximum Gasteiger partial charge on any atom is 0.307 e. The molecule has 0 spiro atoms. The molecule has 1 aliphatic heterocycles. The standard InChI is InChI=1S/C15H26N2O4/c1-3-10-6-12(13(7-10)15(19)20)14(18)16-8-11-9-17(2)4-5-21-11/h10-13H,3-9H2,1-2H3,(H,16,18)(H,19,20). The Hall–Kier alpha value is -1.14. The quantitative estimate of drug-likeness (QED) is 0.776. The minimum atomic E-state index is -0.847. The first-order valence-electron chi connectivity index (χ1n) is 7.81. The molecule has 1 saturated heterocycles. The summed E-state index contributed by atoms with van der Waals surface area (Å²) >= 11 is 0. The number of rotatable bonds is 5. The summed E-state index contributed by atoms with van der Waals surface area (Å²) in [6.45, 7) is 4.89. The number of nitrogens with one attached hydrogen (secondary N) is 1. The van der Waals surface area contributed by atoms with Gasteiger partial charge in [0.2, 0.25) is 5.91 Å². The van der Waals surface area contributed by atoms with Crippen molar-refractivity contribution >= 4 is 11.9 Å². The molecule has 2 fully saturated rings. The Morgan fingerprint density at radius 1 is 1.33 bits per heavy atom. The van der Waals surface area contributed by atoms with Crippen molar-refractivity contribution in [3.05, 3.63) is 0 Å². The van der Waals surface area contributed by atoms with Gasteiger partial charge in [0.25, 0.3) is 0 Å². The molecule has 0 bridgehead atoms. The molecule has 1 saturated carbocycles. The van der Waals surface area contributed by atoms with Crippen LogP contribution in [0.25, 0.3) is 0 Å². The molecule has 120 valence electrons. The maximum atomic E-state index is 12.3. The van der Waals surface area contributed by atoms with Gasteiger partial charge in [-0.3, -0.25) is 9.59 Å². The zero-order chi connectivity index (χ0) is 15.4. The van der Waals surface area contributed by atoms with Crippen molar-refractivity contribution in [1.82, 2.24) is 10.2 Å². The molecule has 6 nitrogen and oxygen atoms in total. The second-order valence-electron chi connectivity index (χ2n) is 6.30. The van der Waals surface area contributed by atoms with Crippen molar-refractivity contribution in [3.63, 3.8) is 0 Å². The third-order valence-electron chi connectivity index (χ3n) is 4.74. The van der Waals surface area contributed by atoms with Gasteiger partial charge < -0.3 is 20.1 Å². The van der Waals surface area contributed by atoms with Crippen LogP contribution in [-0.2, 0) is 14.3 Å². The lowest BCUT2D eigenvalue weighted by Crippen LogP contribution is -2.47. The van der Waals surface area contributed by atoms with Crippen LogP contribution in [0.4, 0.5) is 0 Å². The summed E-state index contributed by atoms with van der Waals surface area (Å²) in [5, 5.41) is 12.2. The van der Waals surface area contributed by atoms with E-state index in [0.29, 0.717) is 31.9 Å². The number of likely N-dealkylation sites (N-methyl/N-ethyl adjacent to an activating group) is 1. The lowest BCUT2D eigenvalue weighted by molar-refractivity contribution is -0.146. The first kappa shape index (κ1) is 16.2. The monoisotopic (exact) mass is 298 g/mol. The molecule has 2 rings (SSSR count). The van der Waals surface area contributed by atoms with Crippen molar-refractivity contribution in [2.45, 2.75) is 32.3 Å². The van der Waals surface area contributed by atoms with Crippen molar-refractivity contribution < 1.29 is 19.4 Å². The fourth-order valence-electron chi connectivity index (χ4n) is 3.37. The maximum absolute atomic E-state index is 12.3. The number of hydrogen-bond donors (Lipinski definition) is 2. The van der Waals surface area contributed by atoms with Gasteiger partial charge in [-0.1, -0.05) is 13.3 Å². The van der Waals surface area contributed by atoms with Gasteiger partial charge in [-0.05, 0) is 25.8 Å². The Labute approximate surface area is 125 Å². The highest BCUT2D eigenvalue weighted by Crippen LogP contribution is 2.38. The van der Waals surface area contributed by atoms with E-state index in [1.807, 2.05) is 7.05 Å². The Morgan fingerprint density at radius 2 is 2.05 bits per heavy atom. The summed E-state index contributed by atoms with van der Waals surface area (Å²) in [5.74, 6) is -1.56. The van der Waals surface area contributed by atoms with Crippen LogP contribution in [0.1, 0.15) is 26.2 Å². The molecule has 1 heterocycles. The molecule has 1 aliphatic carbocycles. The average Bonchev–Trinajstić information content (AvgIpc) is 2.89. The molecule has 1 amide bonds. The van der Waals surface area contributed by atoms with Gasteiger partial charge in [0.15, 0.2) is 0 Å². The van der Waals surface area contributed by atoms with Crippen LogP contribution in [0.3, 0.4) is 0 Å². The van der Waals surface area contributed by atoms with Crippen LogP contribution < -0.4 is 5.32 Å².